The molecule has 0 aromatic carbocycles. The van der Waals surface area contributed by atoms with Crippen LogP contribution in [0.3, 0.4) is 0 Å². The van der Waals surface area contributed by atoms with Crippen molar-refractivity contribution >= 4 is 23.4 Å². The molecule has 0 saturated carbocycles. The van der Waals surface area contributed by atoms with Gasteiger partial charge in [0.2, 0.25) is 0 Å². The molecule has 0 aliphatic carbocycles. The lowest BCUT2D eigenvalue weighted by atomic mass is 10.0. The Morgan fingerprint density at radius 2 is 2.35 bits per heavy atom. The smallest absolute Gasteiger partial charge is 0.0834 e. The highest BCUT2D eigenvalue weighted by molar-refractivity contribution is 8.00. The van der Waals surface area contributed by atoms with Crippen LogP contribution in [0.4, 0.5) is 0 Å². The first-order valence-electron chi connectivity index (χ1n) is 7.28. The molecule has 1 N–H and O–H groups in total. The van der Waals surface area contributed by atoms with Gasteiger partial charge in [0.25, 0.3) is 0 Å². The molecule has 114 valence electrons. The van der Waals surface area contributed by atoms with E-state index in [0.717, 1.165) is 23.8 Å². The van der Waals surface area contributed by atoms with E-state index < -0.39 is 0 Å². The molecule has 2 rings (SSSR count). The van der Waals surface area contributed by atoms with Crippen molar-refractivity contribution in [1.29, 1.82) is 0 Å². The minimum absolute atomic E-state index is 0.289. The normalized spacial score (nSPS) is 21.4. The van der Waals surface area contributed by atoms with E-state index in [-0.39, 0.29) is 6.04 Å². The van der Waals surface area contributed by atoms with Gasteiger partial charge in [-0.05, 0) is 39.7 Å². The van der Waals surface area contributed by atoms with Crippen LogP contribution < -0.4 is 5.32 Å². The van der Waals surface area contributed by atoms with Crippen LogP contribution >= 0.6 is 23.4 Å². The molecule has 0 radical (unpaired) electrons. The van der Waals surface area contributed by atoms with E-state index in [1.807, 2.05) is 7.05 Å². The second-order valence-electron chi connectivity index (χ2n) is 5.58. The summed E-state index contributed by atoms with van der Waals surface area (Å²) in [5, 5.41) is 9.31. The van der Waals surface area contributed by atoms with E-state index in [9.17, 15) is 0 Å². The number of hydrogen-bond donors (Lipinski definition) is 1. The third-order valence-electron chi connectivity index (χ3n) is 3.78. The Balaban J connectivity index is 2.17. The van der Waals surface area contributed by atoms with Gasteiger partial charge in [-0.2, -0.15) is 16.9 Å². The van der Waals surface area contributed by atoms with Crippen molar-refractivity contribution in [3.8, 4) is 0 Å². The molecule has 1 aromatic heterocycles. The summed E-state index contributed by atoms with van der Waals surface area (Å²) in [7, 11) is 6.19. The largest absolute Gasteiger partial charge is 0.311 e. The average Bonchev–Trinajstić information content (AvgIpc) is 2.80. The van der Waals surface area contributed by atoms with Crippen LogP contribution in [0, 0.1) is 0 Å². The Labute approximate surface area is 131 Å². The van der Waals surface area contributed by atoms with Gasteiger partial charge in [0.15, 0.2) is 0 Å². The third kappa shape index (κ3) is 3.91. The second-order valence-corrected chi connectivity index (χ2v) is 7.33. The predicted molar refractivity (Wildman–Crippen MR) is 87.7 cm³/mol. The first-order chi connectivity index (χ1) is 9.63. The maximum atomic E-state index is 6.41. The van der Waals surface area contributed by atoms with Gasteiger partial charge in [0.05, 0.1) is 29.5 Å². The molecule has 0 bridgehead atoms. The van der Waals surface area contributed by atoms with Crippen LogP contribution in [0.5, 0.6) is 0 Å². The molecule has 4 nitrogen and oxygen atoms in total. The van der Waals surface area contributed by atoms with Gasteiger partial charge < -0.3 is 10.2 Å². The summed E-state index contributed by atoms with van der Waals surface area (Å²) in [4.78, 5) is 2.17. The summed E-state index contributed by atoms with van der Waals surface area (Å²) in [6, 6.07) is 0.289. The molecule has 1 aliphatic heterocycles. The minimum Gasteiger partial charge on any atom is -0.311 e. The average molecular weight is 317 g/mol. The van der Waals surface area contributed by atoms with Gasteiger partial charge in [-0.25, -0.2) is 0 Å². The van der Waals surface area contributed by atoms with Crippen LogP contribution in [0.2, 0.25) is 5.02 Å². The van der Waals surface area contributed by atoms with Gasteiger partial charge in [-0.3, -0.25) is 4.68 Å². The Morgan fingerprint density at radius 3 is 2.95 bits per heavy atom. The van der Waals surface area contributed by atoms with E-state index in [0.29, 0.717) is 5.25 Å². The Morgan fingerprint density at radius 1 is 1.55 bits per heavy atom. The number of halogens is 1. The van der Waals surface area contributed by atoms with Crippen molar-refractivity contribution in [2.75, 3.05) is 33.4 Å². The topological polar surface area (TPSA) is 33.1 Å². The Kier molecular flexibility index (Phi) is 6.20. The first kappa shape index (κ1) is 16.1. The molecule has 20 heavy (non-hydrogen) atoms. The van der Waals surface area contributed by atoms with Crippen molar-refractivity contribution in [2.45, 2.75) is 37.1 Å². The molecule has 1 aliphatic rings. The lowest BCUT2D eigenvalue weighted by Gasteiger charge is -2.30. The monoisotopic (exact) mass is 316 g/mol. The zero-order valence-electron chi connectivity index (χ0n) is 12.6. The van der Waals surface area contributed by atoms with E-state index in [2.05, 4.69) is 45.9 Å². The number of hydrogen-bond acceptors (Lipinski definition) is 4. The lowest BCUT2D eigenvalue weighted by Crippen LogP contribution is -2.32. The quantitative estimate of drug-likeness (QED) is 0.874. The van der Waals surface area contributed by atoms with Gasteiger partial charge in [0, 0.05) is 11.8 Å². The highest BCUT2D eigenvalue weighted by Gasteiger charge is 2.29. The van der Waals surface area contributed by atoms with Gasteiger partial charge in [-0.1, -0.05) is 18.0 Å². The predicted octanol–water partition coefficient (Wildman–Crippen LogP) is 2.64. The molecule has 1 aromatic rings. The highest BCUT2D eigenvalue weighted by atomic mass is 35.5. The number of rotatable bonds is 6. The lowest BCUT2D eigenvalue weighted by molar-refractivity contribution is 0.361. The van der Waals surface area contributed by atoms with Gasteiger partial charge in [0.1, 0.15) is 0 Å². The maximum absolute atomic E-state index is 6.41. The fourth-order valence-electron chi connectivity index (χ4n) is 2.68. The zero-order valence-corrected chi connectivity index (χ0v) is 14.2. The van der Waals surface area contributed by atoms with Crippen molar-refractivity contribution in [1.82, 2.24) is 20.0 Å². The summed E-state index contributed by atoms with van der Waals surface area (Å²) < 4.78 is 2.07. The molecular formula is C14H25ClN4S. The molecule has 6 heteroatoms. The molecule has 2 atom stereocenters. The SMILES string of the molecule is CNC(c1c(Cl)cnn1CCN(C)C)C1CCCCS1. The standard InChI is InChI=1S/C14H25ClN4S/c1-16-13(12-6-4-5-9-20-12)14-11(15)10-17-19(14)8-7-18(2)3/h10,12-13,16H,4-9H2,1-3H3. The van der Waals surface area contributed by atoms with Crippen LogP contribution in [0.15, 0.2) is 6.20 Å². The Bertz CT molecular complexity index is 415. The first-order valence-corrected chi connectivity index (χ1v) is 8.71. The van der Waals surface area contributed by atoms with Gasteiger partial charge >= 0.3 is 0 Å². The Hall–Kier alpha value is -0.230. The third-order valence-corrected chi connectivity index (χ3v) is 5.54. The van der Waals surface area contributed by atoms with E-state index in [1.165, 1.54) is 25.0 Å². The molecular weight excluding hydrogens is 292 g/mol. The van der Waals surface area contributed by atoms with Gasteiger partial charge in [-0.15, -0.1) is 0 Å². The van der Waals surface area contributed by atoms with E-state index in [4.69, 9.17) is 11.6 Å². The summed E-state index contributed by atoms with van der Waals surface area (Å²) >= 11 is 8.47. The maximum Gasteiger partial charge on any atom is 0.0834 e. The van der Waals surface area contributed by atoms with E-state index in [1.54, 1.807) is 6.20 Å². The molecule has 2 unspecified atom stereocenters. The van der Waals surface area contributed by atoms with Crippen LogP contribution in [0.25, 0.3) is 0 Å². The van der Waals surface area contributed by atoms with Crippen LogP contribution in [-0.2, 0) is 6.54 Å². The van der Waals surface area contributed by atoms with Crippen LogP contribution in [0.1, 0.15) is 31.0 Å². The fourth-order valence-corrected chi connectivity index (χ4v) is 4.40. The summed E-state index contributed by atoms with van der Waals surface area (Å²) in [6.45, 7) is 1.85. The number of likely N-dealkylation sites (N-methyl/N-ethyl adjacent to an activating group) is 1. The fraction of sp³-hybridized carbons (Fsp3) is 0.786. The highest BCUT2D eigenvalue weighted by Crippen LogP contribution is 2.36. The van der Waals surface area contributed by atoms with Crippen molar-refractivity contribution in [2.24, 2.45) is 0 Å². The van der Waals surface area contributed by atoms with Crippen molar-refractivity contribution in [3.63, 3.8) is 0 Å². The van der Waals surface area contributed by atoms with E-state index >= 15 is 0 Å². The molecule has 0 spiro atoms. The summed E-state index contributed by atoms with van der Waals surface area (Å²) in [5.74, 6) is 1.26. The number of nitrogens with zero attached hydrogens (tertiary/aromatic N) is 3. The number of aromatic nitrogens is 2. The van der Waals surface area contributed by atoms with Crippen molar-refractivity contribution in [3.05, 3.63) is 16.9 Å². The summed E-state index contributed by atoms with van der Waals surface area (Å²) in [6.07, 6.45) is 5.69. The number of nitrogens with one attached hydrogen (secondary N) is 1. The van der Waals surface area contributed by atoms with Crippen molar-refractivity contribution < 1.29 is 0 Å². The molecule has 1 fully saturated rings. The molecule has 2 heterocycles. The second kappa shape index (κ2) is 7.69. The summed E-state index contributed by atoms with van der Waals surface area (Å²) in [5.41, 5.74) is 1.15. The van der Waals surface area contributed by atoms with Crippen LogP contribution in [-0.4, -0.2) is 53.4 Å². The number of thioether (sulfide) groups is 1. The molecule has 1 saturated heterocycles. The minimum atomic E-state index is 0.289. The molecule has 0 amide bonds. The zero-order chi connectivity index (χ0) is 14.5.